The van der Waals surface area contributed by atoms with Gasteiger partial charge in [-0.1, -0.05) is 17.2 Å². The van der Waals surface area contributed by atoms with Crippen LogP contribution in [0, 0.1) is 0 Å². The second kappa shape index (κ2) is 3.21. The molecule has 0 aromatic carbocycles. The van der Waals surface area contributed by atoms with Gasteiger partial charge in [0.25, 0.3) is 0 Å². The lowest BCUT2D eigenvalue weighted by molar-refractivity contribution is 0.730. The Bertz CT molecular complexity index is 424. The van der Waals surface area contributed by atoms with Crippen LogP contribution in [-0.2, 0) is 7.05 Å². The molecule has 0 aliphatic rings. The van der Waals surface area contributed by atoms with Gasteiger partial charge in [-0.3, -0.25) is 0 Å². The molecule has 2 aromatic heterocycles. The Morgan fingerprint density at radius 3 is 3.15 bits per heavy atom. The Kier molecular flexibility index (Phi) is 2.05. The lowest BCUT2D eigenvalue weighted by Gasteiger charge is -1.99. The number of anilines is 1. The van der Waals surface area contributed by atoms with Gasteiger partial charge in [-0.05, 0) is 6.07 Å². The Balaban J connectivity index is 2.50. The summed E-state index contributed by atoms with van der Waals surface area (Å²) < 4.78 is 4.74. The molecule has 0 aliphatic carbocycles. The molecule has 1 N–H and O–H groups in total. The Morgan fingerprint density at radius 1 is 1.54 bits per heavy atom. The van der Waals surface area contributed by atoms with Gasteiger partial charge in [0.1, 0.15) is 5.52 Å². The average Bonchev–Trinajstić information content (AvgIpc) is 2.48. The molecule has 0 radical (unpaired) electrons. The number of hydrogen-bond acceptors (Lipinski definition) is 5. The topological polar surface area (TPSA) is 55.6 Å². The van der Waals surface area contributed by atoms with Crippen molar-refractivity contribution in [3.05, 3.63) is 12.3 Å². The summed E-state index contributed by atoms with van der Waals surface area (Å²) in [4.78, 5) is 4.22. The Labute approximate surface area is 79.7 Å². The summed E-state index contributed by atoms with van der Waals surface area (Å²) in [5, 5.41) is 7.83. The van der Waals surface area contributed by atoms with Gasteiger partial charge in [0.15, 0.2) is 5.65 Å². The number of pyridine rings is 1. The number of aromatic nitrogens is 4. The molecule has 0 fully saturated rings. The summed E-state index contributed by atoms with van der Waals surface area (Å²) in [5.41, 5.74) is 2.55. The zero-order valence-corrected chi connectivity index (χ0v) is 8.17. The van der Waals surface area contributed by atoms with Gasteiger partial charge in [0, 0.05) is 13.3 Å². The first-order valence-corrected chi connectivity index (χ1v) is 4.98. The SMILES string of the molecule is CSNc1cnc2c(c1)nnn2C. The van der Waals surface area contributed by atoms with E-state index >= 15 is 0 Å². The minimum Gasteiger partial charge on any atom is -0.329 e. The number of hydrogen-bond donors (Lipinski definition) is 1. The molecular formula is C7H9N5S. The van der Waals surface area contributed by atoms with Crippen molar-refractivity contribution >= 4 is 28.8 Å². The van der Waals surface area contributed by atoms with Crippen molar-refractivity contribution in [3.8, 4) is 0 Å². The highest BCUT2D eigenvalue weighted by molar-refractivity contribution is 7.99. The predicted molar refractivity (Wildman–Crippen MR) is 53.4 cm³/mol. The van der Waals surface area contributed by atoms with E-state index in [9.17, 15) is 0 Å². The third kappa shape index (κ3) is 1.44. The van der Waals surface area contributed by atoms with Gasteiger partial charge < -0.3 is 4.72 Å². The predicted octanol–water partition coefficient (Wildman–Crippen LogP) is 1.05. The third-order valence-electron chi connectivity index (χ3n) is 1.66. The molecule has 6 heteroatoms. The molecular weight excluding hydrogens is 186 g/mol. The van der Waals surface area contributed by atoms with Crippen molar-refractivity contribution in [2.75, 3.05) is 11.0 Å². The number of aryl methyl sites for hydroxylation is 1. The van der Waals surface area contributed by atoms with Crippen molar-refractivity contribution in [1.29, 1.82) is 0 Å². The minimum atomic E-state index is 0.798. The smallest absolute Gasteiger partial charge is 0.178 e. The summed E-state index contributed by atoms with van der Waals surface area (Å²) in [6.07, 6.45) is 3.73. The fraction of sp³-hybridized carbons (Fsp3) is 0.286. The monoisotopic (exact) mass is 195 g/mol. The van der Waals surface area contributed by atoms with E-state index in [1.807, 2.05) is 19.4 Å². The molecule has 0 unspecified atom stereocenters. The highest BCUT2D eigenvalue weighted by Gasteiger charge is 2.02. The summed E-state index contributed by atoms with van der Waals surface area (Å²) in [7, 11) is 1.82. The molecule has 0 spiro atoms. The van der Waals surface area contributed by atoms with E-state index in [-0.39, 0.29) is 0 Å². The number of nitrogens with zero attached hydrogens (tertiary/aromatic N) is 4. The first-order chi connectivity index (χ1) is 6.31. The Hall–Kier alpha value is -1.30. The van der Waals surface area contributed by atoms with E-state index in [1.165, 1.54) is 11.9 Å². The standard InChI is InChI=1S/C7H9N5S/c1-12-7-6(9-11-12)3-5(4-8-7)10-13-2/h3-4,10H,1-2H3. The van der Waals surface area contributed by atoms with Gasteiger partial charge in [-0.25, -0.2) is 9.67 Å². The van der Waals surface area contributed by atoms with Gasteiger partial charge >= 0.3 is 0 Å². The van der Waals surface area contributed by atoms with Crippen LogP contribution in [0.25, 0.3) is 11.2 Å². The van der Waals surface area contributed by atoms with Crippen molar-refractivity contribution < 1.29 is 0 Å². The van der Waals surface area contributed by atoms with Crippen LogP contribution in [0.2, 0.25) is 0 Å². The molecule has 13 heavy (non-hydrogen) atoms. The van der Waals surface area contributed by atoms with E-state index in [2.05, 4.69) is 20.0 Å². The Morgan fingerprint density at radius 2 is 2.38 bits per heavy atom. The summed E-state index contributed by atoms with van der Waals surface area (Å²) in [6.45, 7) is 0. The number of fused-ring (bicyclic) bond motifs is 1. The molecule has 0 amide bonds. The van der Waals surface area contributed by atoms with Crippen LogP contribution < -0.4 is 4.72 Å². The third-order valence-corrected chi connectivity index (χ3v) is 2.10. The lowest BCUT2D eigenvalue weighted by atomic mass is 10.4. The average molecular weight is 195 g/mol. The van der Waals surface area contributed by atoms with Crippen molar-refractivity contribution in [2.45, 2.75) is 0 Å². The van der Waals surface area contributed by atoms with E-state index < -0.39 is 0 Å². The van der Waals surface area contributed by atoms with E-state index in [0.717, 1.165) is 16.9 Å². The molecule has 68 valence electrons. The second-order valence-corrected chi connectivity index (χ2v) is 3.20. The molecule has 5 nitrogen and oxygen atoms in total. The molecule has 2 heterocycles. The number of rotatable bonds is 2. The van der Waals surface area contributed by atoms with Crippen LogP contribution in [0.15, 0.2) is 12.3 Å². The lowest BCUT2D eigenvalue weighted by Crippen LogP contribution is -1.92. The summed E-state index contributed by atoms with van der Waals surface area (Å²) >= 11 is 1.53. The molecule has 0 aliphatic heterocycles. The summed E-state index contributed by atoms with van der Waals surface area (Å²) in [5.74, 6) is 0. The van der Waals surface area contributed by atoms with Crippen LogP contribution in [0.5, 0.6) is 0 Å². The zero-order valence-electron chi connectivity index (χ0n) is 7.35. The first-order valence-electron chi connectivity index (χ1n) is 3.75. The van der Waals surface area contributed by atoms with Gasteiger partial charge in [-0.15, -0.1) is 5.10 Å². The van der Waals surface area contributed by atoms with E-state index in [1.54, 1.807) is 10.9 Å². The fourth-order valence-electron chi connectivity index (χ4n) is 1.10. The van der Waals surface area contributed by atoms with E-state index in [4.69, 9.17) is 0 Å². The largest absolute Gasteiger partial charge is 0.329 e. The van der Waals surface area contributed by atoms with Crippen LogP contribution >= 0.6 is 11.9 Å². The van der Waals surface area contributed by atoms with Crippen LogP contribution in [-0.4, -0.2) is 26.2 Å². The van der Waals surface area contributed by atoms with Gasteiger partial charge in [0.2, 0.25) is 0 Å². The second-order valence-electron chi connectivity index (χ2n) is 2.59. The van der Waals surface area contributed by atoms with Crippen LogP contribution in [0.4, 0.5) is 5.69 Å². The highest BCUT2D eigenvalue weighted by atomic mass is 32.2. The molecule has 0 atom stereocenters. The molecule has 2 rings (SSSR count). The van der Waals surface area contributed by atoms with E-state index in [0.29, 0.717) is 0 Å². The van der Waals surface area contributed by atoms with Crippen molar-refractivity contribution in [1.82, 2.24) is 20.0 Å². The quantitative estimate of drug-likeness (QED) is 0.726. The van der Waals surface area contributed by atoms with Crippen molar-refractivity contribution in [3.63, 3.8) is 0 Å². The fourth-order valence-corrected chi connectivity index (χ4v) is 1.45. The zero-order chi connectivity index (χ0) is 9.26. The maximum atomic E-state index is 4.22. The van der Waals surface area contributed by atoms with Gasteiger partial charge in [0.05, 0.1) is 11.9 Å². The highest BCUT2D eigenvalue weighted by Crippen LogP contribution is 2.14. The molecule has 2 aromatic rings. The van der Waals surface area contributed by atoms with Gasteiger partial charge in [-0.2, -0.15) is 0 Å². The van der Waals surface area contributed by atoms with Crippen molar-refractivity contribution in [2.24, 2.45) is 7.05 Å². The summed E-state index contributed by atoms with van der Waals surface area (Å²) in [6, 6.07) is 1.92. The maximum Gasteiger partial charge on any atom is 0.178 e. The molecule has 0 saturated carbocycles. The minimum absolute atomic E-state index is 0.798. The normalized spacial score (nSPS) is 10.6. The molecule has 0 saturated heterocycles. The molecule has 0 bridgehead atoms. The van der Waals surface area contributed by atoms with Crippen LogP contribution in [0.3, 0.4) is 0 Å². The first kappa shape index (κ1) is 8.31. The number of nitrogens with one attached hydrogen (secondary N) is 1. The van der Waals surface area contributed by atoms with Crippen LogP contribution in [0.1, 0.15) is 0 Å². The maximum absolute atomic E-state index is 4.22.